The Bertz CT molecular complexity index is 441. The van der Waals surface area contributed by atoms with Crippen LogP contribution in [0.25, 0.3) is 0 Å². The molecule has 1 aromatic heterocycles. The van der Waals surface area contributed by atoms with Gasteiger partial charge in [0.2, 0.25) is 0 Å². The zero-order valence-electron chi connectivity index (χ0n) is 14.3. The van der Waals surface area contributed by atoms with Crippen LogP contribution in [0.15, 0.2) is 5.38 Å². The second-order valence-electron chi connectivity index (χ2n) is 6.83. The van der Waals surface area contributed by atoms with Crippen LogP contribution in [0.1, 0.15) is 70.5 Å². The third-order valence-corrected chi connectivity index (χ3v) is 5.71. The van der Waals surface area contributed by atoms with Gasteiger partial charge < -0.3 is 10.2 Å². The molecule has 1 saturated heterocycles. The van der Waals surface area contributed by atoms with Gasteiger partial charge in [0.15, 0.2) is 0 Å². The summed E-state index contributed by atoms with van der Waals surface area (Å²) in [5.74, 6) is 0.520. The Morgan fingerprint density at radius 3 is 2.62 bits per heavy atom. The molecule has 2 rings (SSSR count). The van der Waals surface area contributed by atoms with Crippen LogP contribution in [-0.2, 0) is 5.54 Å². The van der Waals surface area contributed by atoms with Crippen LogP contribution in [0.5, 0.6) is 0 Å². The Morgan fingerprint density at radius 2 is 2.05 bits per heavy atom. The summed E-state index contributed by atoms with van der Waals surface area (Å²) in [5, 5.41) is 7.35. The van der Waals surface area contributed by atoms with Crippen LogP contribution in [0.3, 0.4) is 0 Å². The number of aromatic nitrogens is 1. The minimum atomic E-state index is 0.0934. The fraction of sp³-hybridized carbons (Fsp3) is 0.824. The van der Waals surface area contributed by atoms with E-state index in [9.17, 15) is 0 Å². The topological polar surface area (TPSA) is 28.2 Å². The standard InChI is InChI=1S/C17H31N3S/c1-6-18-17(16-19-15(12-21-16)13(2)3)8-7-10-20(11-9-17)14(4)5/h12-14,18H,6-11H2,1-5H3. The van der Waals surface area contributed by atoms with Gasteiger partial charge in [0.05, 0.1) is 11.2 Å². The Morgan fingerprint density at radius 1 is 1.29 bits per heavy atom. The van der Waals surface area contributed by atoms with Crippen LogP contribution < -0.4 is 5.32 Å². The van der Waals surface area contributed by atoms with E-state index >= 15 is 0 Å². The van der Waals surface area contributed by atoms with E-state index in [0.29, 0.717) is 12.0 Å². The monoisotopic (exact) mass is 309 g/mol. The molecule has 1 atom stereocenters. The summed E-state index contributed by atoms with van der Waals surface area (Å²) in [6.45, 7) is 14.7. The molecule has 1 aromatic rings. The summed E-state index contributed by atoms with van der Waals surface area (Å²) in [4.78, 5) is 7.58. The highest BCUT2D eigenvalue weighted by Crippen LogP contribution is 2.36. The Hall–Kier alpha value is -0.450. The van der Waals surface area contributed by atoms with Crippen LogP contribution in [-0.4, -0.2) is 35.6 Å². The van der Waals surface area contributed by atoms with Gasteiger partial charge in [-0.2, -0.15) is 0 Å². The number of nitrogens with zero attached hydrogens (tertiary/aromatic N) is 2. The zero-order chi connectivity index (χ0) is 15.5. The summed E-state index contributed by atoms with van der Waals surface area (Å²) in [6, 6.07) is 0.643. The summed E-state index contributed by atoms with van der Waals surface area (Å²) < 4.78 is 0. The van der Waals surface area contributed by atoms with E-state index in [1.165, 1.54) is 43.1 Å². The summed E-state index contributed by atoms with van der Waals surface area (Å²) in [7, 11) is 0. The number of hydrogen-bond donors (Lipinski definition) is 1. The molecule has 1 aliphatic rings. The van der Waals surface area contributed by atoms with Gasteiger partial charge in [0.1, 0.15) is 5.01 Å². The van der Waals surface area contributed by atoms with Gasteiger partial charge in [0, 0.05) is 18.0 Å². The summed E-state index contributed by atoms with van der Waals surface area (Å²) >= 11 is 1.85. The lowest BCUT2D eigenvalue weighted by Gasteiger charge is -2.32. The first kappa shape index (κ1) is 16.9. The average molecular weight is 310 g/mol. The van der Waals surface area contributed by atoms with Gasteiger partial charge in [-0.25, -0.2) is 4.98 Å². The number of thiazole rings is 1. The lowest BCUT2D eigenvalue weighted by molar-refractivity contribution is 0.218. The fourth-order valence-corrected chi connectivity index (χ4v) is 4.46. The molecule has 1 fully saturated rings. The van der Waals surface area contributed by atoms with Gasteiger partial charge >= 0.3 is 0 Å². The largest absolute Gasteiger partial charge is 0.306 e. The second-order valence-corrected chi connectivity index (χ2v) is 7.69. The quantitative estimate of drug-likeness (QED) is 0.892. The molecule has 120 valence electrons. The average Bonchev–Trinajstić information content (AvgIpc) is 2.83. The SMILES string of the molecule is CCNC1(c2nc(C(C)C)cs2)CCCN(C(C)C)CC1. The predicted octanol–water partition coefficient (Wildman–Crippen LogP) is 3.97. The minimum Gasteiger partial charge on any atom is -0.306 e. The molecule has 1 aliphatic heterocycles. The van der Waals surface area contributed by atoms with E-state index in [-0.39, 0.29) is 5.54 Å². The van der Waals surface area contributed by atoms with E-state index in [1.54, 1.807) is 0 Å². The highest BCUT2D eigenvalue weighted by Gasteiger charge is 2.36. The molecule has 1 N–H and O–H groups in total. The molecule has 1 unspecified atom stereocenters. The fourth-order valence-electron chi connectivity index (χ4n) is 3.25. The molecular weight excluding hydrogens is 278 g/mol. The van der Waals surface area contributed by atoms with E-state index < -0.39 is 0 Å². The number of hydrogen-bond acceptors (Lipinski definition) is 4. The minimum absolute atomic E-state index is 0.0934. The third-order valence-electron chi connectivity index (χ3n) is 4.64. The molecule has 3 nitrogen and oxygen atoms in total. The normalized spacial score (nSPS) is 24.7. The maximum atomic E-state index is 4.97. The summed E-state index contributed by atoms with van der Waals surface area (Å²) in [6.07, 6.45) is 3.63. The number of likely N-dealkylation sites (tertiary alicyclic amines) is 1. The van der Waals surface area contributed by atoms with Crippen molar-refractivity contribution in [3.63, 3.8) is 0 Å². The van der Waals surface area contributed by atoms with Crippen molar-refractivity contribution in [1.82, 2.24) is 15.2 Å². The van der Waals surface area contributed by atoms with Crippen molar-refractivity contribution in [2.24, 2.45) is 0 Å². The van der Waals surface area contributed by atoms with Gasteiger partial charge in [-0.1, -0.05) is 20.8 Å². The first-order valence-corrected chi connectivity index (χ1v) is 9.31. The smallest absolute Gasteiger partial charge is 0.113 e. The first-order valence-electron chi connectivity index (χ1n) is 8.43. The highest BCUT2D eigenvalue weighted by molar-refractivity contribution is 7.09. The van der Waals surface area contributed by atoms with Crippen LogP contribution in [0.2, 0.25) is 0 Å². The van der Waals surface area contributed by atoms with Crippen molar-refractivity contribution < 1.29 is 0 Å². The van der Waals surface area contributed by atoms with E-state index in [4.69, 9.17) is 4.98 Å². The highest BCUT2D eigenvalue weighted by atomic mass is 32.1. The molecule has 0 aromatic carbocycles. The van der Waals surface area contributed by atoms with Crippen molar-refractivity contribution in [3.05, 3.63) is 16.1 Å². The molecule has 21 heavy (non-hydrogen) atoms. The molecule has 2 heterocycles. The predicted molar refractivity (Wildman–Crippen MR) is 92.1 cm³/mol. The molecule has 0 radical (unpaired) electrons. The maximum absolute atomic E-state index is 4.97. The summed E-state index contributed by atoms with van der Waals surface area (Å²) in [5.41, 5.74) is 1.34. The second kappa shape index (κ2) is 7.21. The van der Waals surface area contributed by atoms with Crippen LogP contribution >= 0.6 is 11.3 Å². The van der Waals surface area contributed by atoms with Crippen LogP contribution in [0, 0.1) is 0 Å². The lowest BCUT2D eigenvalue weighted by Crippen LogP contribution is -2.43. The van der Waals surface area contributed by atoms with Crippen molar-refractivity contribution in [1.29, 1.82) is 0 Å². The molecular formula is C17H31N3S. The third kappa shape index (κ3) is 3.85. The van der Waals surface area contributed by atoms with Crippen molar-refractivity contribution in [3.8, 4) is 0 Å². The number of nitrogens with one attached hydrogen (secondary N) is 1. The zero-order valence-corrected chi connectivity index (χ0v) is 15.1. The molecule has 0 amide bonds. The lowest BCUT2D eigenvalue weighted by atomic mass is 9.91. The van der Waals surface area contributed by atoms with Gasteiger partial charge in [-0.05, 0) is 52.1 Å². The Kier molecular flexibility index (Phi) is 5.81. The molecule has 0 aliphatic carbocycles. The Balaban J connectivity index is 2.23. The van der Waals surface area contributed by atoms with E-state index in [2.05, 4.69) is 50.2 Å². The van der Waals surface area contributed by atoms with Crippen molar-refractivity contribution in [2.45, 2.75) is 71.4 Å². The van der Waals surface area contributed by atoms with Crippen molar-refractivity contribution >= 4 is 11.3 Å². The number of rotatable bonds is 5. The molecule has 0 spiro atoms. The van der Waals surface area contributed by atoms with Gasteiger partial charge in [-0.15, -0.1) is 11.3 Å². The Labute approximate surface area is 134 Å². The maximum Gasteiger partial charge on any atom is 0.113 e. The molecule has 0 bridgehead atoms. The van der Waals surface area contributed by atoms with E-state index in [1.807, 2.05) is 11.3 Å². The van der Waals surface area contributed by atoms with Gasteiger partial charge in [-0.3, -0.25) is 0 Å². The molecule has 0 saturated carbocycles. The molecule has 4 heteroatoms. The van der Waals surface area contributed by atoms with Crippen LogP contribution in [0.4, 0.5) is 0 Å². The van der Waals surface area contributed by atoms with Gasteiger partial charge in [0.25, 0.3) is 0 Å². The van der Waals surface area contributed by atoms with Crippen molar-refractivity contribution in [2.75, 3.05) is 19.6 Å². The first-order chi connectivity index (χ1) is 9.98. The van der Waals surface area contributed by atoms with E-state index in [0.717, 1.165) is 6.54 Å².